The summed E-state index contributed by atoms with van der Waals surface area (Å²) in [7, 11) is 0. The largest absolute Gasteiger partial charge is 0.481 e. The Morgan fingerprint density at radius 2 is 1.82 bits per heavy atom. The molecule has 3 atom stereocenters. The van der Waals surface area contributed by atoms with Crippen LogP contribution in [0.4, 0.5) is 0 Å². The lowest BCUT2D eigenvalue weighted by atomic mass is 9.78. The lowest BCUT2D eigenvalue weighted by Crippen LogP contribution is -2.43. The van der Waals surface area contributed by atoms with E-state index in [4.69, 9.17) is 0 Å². The average Bonchev–Trinajstić information content (AvgIpc) is 2.54. The zero-order chi connectivity index (χ0) is 15.9. The quantitative estimate of drug-likeness (QED) is 0.849. The summed E-state index contributed by atoms with van der Waals surface area (Å²) in [6.07, 6.45) is 4.93. The minimum atomic E-state index is -0.836. The lowest BCUT2D eigenvalue weighted by Gasteiger charge is -2.28. The van der Waals surface area contributed by atoms with Crippen molar-refractivity contribution in [1.82, 2.24) is 5.32 Å². The Morgan fingerprint density at radius 1 is 1.18 bits per heavy atom. The van der Waals surface area contributed by atoms with Crippen molar-refractivity contribution >= 4 is 11.9 Å². The van der Waals surface area contributed by atoms with Gasteiger partial charge in [0, 0.05) is 6.04 Å². The van der Waals surface area contributed by atoms with E-state index in [-0.39, 0.29) is 17.9 Å². The van der Waals surface area contributed by atoms with Gasteiger partial charge in [-0.3, -0.25) is 9.59 Å². The topological polar surface area (TPSA) is 66.4 Å². The minimum absolute atomic E-state index is 0.0593. The number of carbonyl (C=O) groups is 2. The van der Waals surface area contributed by atoms with E-state index in [0.29, 0.717) is 12.8 Å². The van der Waals surface area contributed by atoms with Crippen molar-refractivity contribution in [2.45, 2.75) is 51.5 Å². The second kappa shape index (κ2) is 7.97. The number of carboxylic acids is 1. The first-order chi connectivity index (χ1) is 10.6. The Hall–Kier alpha value is -1.84. The van der Waals surface area contributed by atoms with E-state index in [9.17, 15) is 14.7 Å². The van der Waals surface area contributed by atoms with Gasteiger partial charge in [0.05, 0.1) is 11.8 Å². The molecule has 2 N–H and O–H groups in total. The maximum atomic E-state index is 12.4. The highest BCUT2D eigenvalue weighted by Gasteiger charge is 2.35. The van der Waals surface area contributed by atoms with E-state index in [1.54, 1.807) is 0 Å². The van der Waals surface area contributed by atoms with Crippen molar-refractivity contribution in [2.75, 3.05) is 0 Å². The number of amides is 1. The van der Waals surface area contributed by atoms with Gasteiger partial charge >= 0.3 is 5.97 Å². The van der Waals surface area contributed by atoms with Gasteiger partial charge < -0.3 is 10.4 Å². The van der Waals surface area contributed by atoms with E-state index >= 15 is 0 Å². The van der Waals surface area contributed by atoms with E-state index in [2.05, 4.69) is 17.4 Å². The fourth-order valence-corrected chi connectivity index (χ4v) is 3.19. The highest BCUT2D eigenvalue weighted by Crippen LogP contribution is 2.30. The van der Waals surface area contributed by atoms with Crippen LogP contribution < -0.4 is 5.32 Å². The number of hydrogen-bond acceptors (Lipinski definition) is 2. The maximum Gasteiger partial charge on any atom is 0.307 e. The third-order valence-electron chi connectivity index (χ3n) is 4.52. The molecule has 0 radical (unpaired) electrons. The van der Waals surface area contributed by atoms with Gasteiger partial charge in [0.2, 0.25) is 5.91 Å². The zero-order valence-electron chi connectivity index (χ0n) is 13.1. The van der Waals surface area contributed by atoms with E-state index in [1.165, 1.54) is 5.56 Å². The van der Waals surface area contributed by atoms with Gasteiger partial charge in [-0.05, 0) is 38.2 Å². The van der Waals surface area contributed by atoms with Crippen molar-refractivity contribution in [3.05, 3.63) is 35.9 Å². The standard InChI is InChI=1S/C18H25NO3/c1-13(11-12-14-7-3-2-4-8-14)19-17(20)15-9-5-6-10-16(15)18(21)22/h2-4,7-8,13,15-16H,5-6,9-12H2,1H3,(H,19,20)(H,21,22)/t13-,15+,16-/m1/s1. The van der Waals surface area contributed by atoms with Crippen molar-refractivity contribution in [2.24, 2.45) is 11.8 Å². The third kappa shape index (κ3) is 4.58. The molecule has 0 aliphatic heterocycles. The third-order valence-corrected chi connectivity index (χ3v) is 4.52. The Labute approximate surface area is 131 Å². The number of carbonyl (C=O) groups excluding carboxylic acids is 1. The van der Waals surface area contributed by atoms with Crippen LogP contribution in [-0.2, 0) is 16.0 Å². The molecule has 1 aliphatic carbocycles. The summed E-state index contributed by atoms with van der Waals surface area (Å²) in [5.41, 5.74) is 1.25. The van der Waals surface area contributed by atoms with Crippen LogP contribution in [-0.4, -0.2) is 23.0 Å². The smallest absolute Gasteiger partial charge is 0.307 e. The summed E-state index contributed by atoms with van der Waals surface area (Å²) in [6, 6.07) is 10.2. The number of rotatable bonds is 6. The normalized spacial score (nSPS) is 22.8. The van der Waals surface area contributed by atoms with Crippen LogP contribution in [0.1, 0.15) is 44.6 Å². The van der Waals surface area contributed by atoms with Crippen LogP contribution in [0.3, 0.4) is 0 Å². The number of aryl methyl sites for hydroxylation is 1. The van der Waals surface area contributed by atoms with Gasteiger partial charge in [-0.15, -0.1) is 0 Å². The molecule has 4 heteroatoms. The molecule has 0 unspecified atom stereocenters. The molecular formula is C18H25NO3. The summed E-state index contributed by atoms with van der Waals surface area (Å²) in [4.78, 5) is 23.6. The molecule has 1 aromatic carbocycles. The summed E-state index contributed by atoms with van der Waals surface area (Å²) in [5, 5.41) is 12.3. The average molecular weight is 303 g/mol. The predicted octanol–water partition coefficient (Wildman–Crippen LogP) is 3.01. The summed E-state index contributed by atoms with van der Waals surface area (Å²) in [5.74, 6) is -1.81. The molecule has 0 saturated heterocycles. The van der Waals surface area contributed by atoms with Gasteiger partial charge in [0.25, 0.3) is 0 Å². The second-order valence-corrected chi connectivity index (χ2v) is 6.27. The maximum absolute atomic E-state index is 12.4. The Morgan fingerprint density at radius 3 is 2.45 bits per heavy atom. The number of carboxylic acid groups (broad SMARTS) is 1. The molecular weight excluding hydrogens is 278 g/mol. The van der Waals surface area contributed by atoms with Crippen LogP contribution in [0.25, 0.3) is 0 Å². The molecule has 0 spiro atoms. The molecule has 1 fully saturated rings. The van der Waals surface area contributed by atoms with Crippen LogP contribution in [0.5, 0.6) is 0 Å². The highest BCUT2D eigenvalue weighted by molar-refractivity contribution is 5.85. The molecule has 4 nitrogen and oxygen atoms in total. The summed E-state index contributed by atoms with van der Waals surface area (Å²) >= 11 is 0. The molecule has 120 valence electrons. The van der Waals surface area contributed by atoms with Crippen LogP contribution in [0.15, 0.2) is 30.3 Å². The van der Waals surface area contributed by atoms with E-state index < -0.39 is 11.9 Å². The molecule has 0 aromatic heterocycles. The minimum Gasteiger partial charge on any atom is -0.481 e. The second-order valence-electron chi connectivity index (χ2n) is 6.27. The van der Waals surface area contributed by atoms with Crippen molar-refractivity contribution < 1.29 is 14.7 Å². The van der Waals surface area contributed by atoms with Crippen LogP contribution in [0, 0.1) is 11.8 Å². The first kappa shape index (κ1) is 16.5. The number of benzene rings is 1. The Kier molecular flexibility index (Phi) is 5.99. The Bertz CT molecular complexity index is 500. The molecule has 0 heterocycles. The molecule has 2 rings (SSSR count). The van der Waals surface area contributed by atoms with Gasteiger partial charge in [-0.2, -0.15) is 0 Å². The fourth-order valence-electron chi connectivity index (χ4n) is 3.19. The summed E-state index contributed by atoms with van der Waals surface area (Å²) < 4.78 is 0. The van der Waals surface area contributed by atoms with Gasteiger partial charge in [0.15, 0.2) is 0 Å². The molecule has 1 aliphatic rings. The monoisotopic (exact) mass is 303 g/mol. The van der Waals surface area contributed by atoms with E-state index in [0.717, 1.165) is 25.7 Å². The summed E-state index contributed by atoms with van der Waals surface area (Å²) in [6.45, 7) is 1.99. The fraction of sp³-hybridized carbons (Fsp3) is 0.556. The van der Waals surface area contributed by atoms with Crippen molar-refractivity contribution in [3.63, 3.8) is 0 Å². The highest BCUT2D eigenvalue weighted by atomic mass is 16.4. The van der Waals surface area contributed by atoms with E-state index in [1.807, 2.05) is 25.1 Å². The zero-order valence-corrected chi connectivity index (χ0v) is 13.1. The molecule has 1 amide bonds. The van der Waals surface area contributed by atoms with Gasteiger partial charge in [-0.25, -0.2) is 0 Å². The number of nitrogens with one attached hydrogen (secondary N) is 1. The van der Waals surface area contributed by atoms with Gasteiger partial charge in [-0.1, -0.05) is 43.2 Å². The molecule has 0 bridgehead atoms. The molecule has 1 saturated carbocycles. The van der Waals surface area contributed by atoms with Gasteiger partial charge in [0.1, 0.15) is 0 Å². The van der Waals surface area contributed by atoms with Crippen molar-refractivity contribution in [3.8, 4) is 0 Å². The molecule has 22 heavy (non-hydrogen) atoms. The first-order valence-electron chi connectivity index (χ1n) is 8.15. The SMILES string of the molecule is C[C@H](CCc1ccccc1)NC(=O)[C@H]1CCCC[C@H]1C(=O)O. The molecule has 1 aromatic rings. The first-order valence-corrected chi connectivity index (χ1v) is 8.15. The predicted molar refractivity (Wildman–Crippen MR) is 85.5 cm³/mol. The number of hydrogen-bond donors (Lipinski definition) is 2. The Balaban J connectivity index is 1.83. The van der Waals surface area contributed by atoms with Crippen LogP contribution in [0.2, 0.25) is 0 Å². The van der Waals surface area contributed by atoms with Crippen molar-refractivity contribution in [1.29, 1.82) is 0 Å². The number of aliphatic carboxylic acids is 1. The van der Waals surface area contributed by atoms with Crippen LogP contribution >= 0.6 is 0 Å². The lowest BCUT2D eigenvalue weighted by molar-refractivity contribution is -0.149.